The van der Waals surface area contributed by atoms with Gasteiger partial charge in [-0.1, -0.05) is 18.2 Å². The van der Waals surface area contributed by atoms with Gasteiger partial charge >= 0.3 is 0 Å². The molecule has 2 aliphatic rings. The van der Waals surface area contributed by atoms with Crippen LogP contribution < -0.4 is 5.32 Å². The lowest BCUT2D eigenvalue weighted by atomic mass is 9.77. The molecule has 2 heteroatoms. The van der Waals surface area contributed by atoms with Gasteiger partial charge in [-0.25, -0.2) is 0 Å². The van der Waals surface area contributed by atoms with Crippen molar-refractivity contribution in [3.63, 3.8) is 0 Å². The molecule has 1 heterocycles. The number of benzene rings is 1. The highest BCUT2D eigenvalue weighted by molar-refractivity contribution is 5.40. The zero-order valence-corrected chi connectivity index (χ0v) is 9.88. The van der Waals surface area contributed by atoms with E-state index in [0.29, 0.717) is 0 Å². The zero-order chi connectivity index (χ0) is 11.0. The first kappa shape index (κ1) is 10.3. The van der Waals surface area contributed by atoms with Gasteiger partial charge in [0.2, 0.25) is 0 Å². The molecule has 0 radical (unpaired) electrons. The molecule has 1 aromatic carbocycles. The van der Waals surface area contributed by atoms with E-state index in [1.165, 1.54) is 29.5 Å². The van der Waals surface area contributed by atoms with Crippen molar-refractivity contribution in [3.05, 3.63) is 34.9 Å². The van der Waals surface area contributed by atoms with Crippen molar-refractivity contribution in [2.75, 3.05) is 19.7 Å². The fraction of sp³-hybridized carbons (Fsp3) is 0.571. The number of hydrogen-bond donors (Lipinski definition) is 1. The molecule has 0 bridgehead atoms. The monoisotopic (exact) mass is 217 g/mol. The first-order chi connectivity index (χ1) is 7.82. The van der Waals surface area contributed by atoms with E-state index in [0.717, 1.165) is 26.1 Å². The van der Waals surface area contributed by atoms with Crippen molar-refractivity contribution in [1.29, 1.82) is 0 Å². The molecule has 1 aromatic rings. The second-order valence-electron chi connectivity index (χ2n) is 4.97. The summed E-state index contributed by atoms with van der Waals surface area (Å²) in [6.45, 7) is 5.02. The lowest BCUT2D eigenvalue weighted by Crippen LogP contribution is -2.49. The van der Waals surface area contributed by atoms with Crippen molar-refractivity contribution in [2.24, 2.45) is 0 Å². The summed E-state index contributed by atoms with van der Waals surface area (Å²) in [6, 6.07) is 6.64. The number of rotatable bonds is 0. The SMILES string of the molecule is Cc1cccc2c1CCCC21CNCCO1. The number of fused-ring (bicyclic) bond motifs is 2. The van der Waals surface area contributed by atoms with Crippen molar-refractivity contribution < 1.29 is 4.74 Å². The van der Waals surface area contributed by atoms with Crippen molar-refractivity contribution >= 4 is 0 Å². The Bertz CT molecular complexity index is 394. The summed E-state index contributed by atoms with van der Waals surface area (Å²) in [5.41, 5.74) is 4.35. The van der Waals surface area contributed by atoms with E-state index in [4.69, 9.17) is 4.74 Å². The molecular weight excluding hydrogens is 198 g/mol. The second-order valence-corrected chi connectivity index (χ2v) is 4.97. The van der Waals surface area contributed by atoms with Gasteiger partial charge in [0, 0.05) is 13.1 Å². The predicted octanol–water partition coefficient (Wildman–Crippen LogP) is 2.15. The van der Waals surface area contributed by atoms with Gasteiger partial charge in [0.25, 0.3) is 0 Å². The van der Waals surface area contributed by atoms with E-state index in [1.807, 2.05) is 0 Å². The highest BCUT2D eigenvalue weighted by Gasteiger charge is 2.39. The Morgan fingerprint density at radius 2 is 2.31 bits per heavy atom. The van der Waals surface area contributed by atoms with Gasteiger partial charge in [0.1, 0.15) is 5.60 Å². The summed E-state index contributed by atoms with van der Waals surface area (Å²) in [5, 5.41) is 3.48. The number of ether oxygens (including phenoxy) is 1. The summed E-state index contributed by atoms with van der Waals surface area (Å²) in [4.78, 5) is 0. The molecule has 2 nitrogen and oxygen atoms in total. The summed E-state index contributed by atoms with van der Waals surface area (Å²) < 4.78 is 6.13. The van der Waals surface area contributed by atoms with E-state index in [-0.39, 0.29) is 5.60 Å². The Kier molecular flexibility index (Phi) is 2.49. The Balaban J connectivity index is 2.08. The maximum Gasteiger partial charge on any atom is 0.106 e. The third-order valence-corrected chi connectivity index (χ3v) is 3.98. The Morgan fingerprint density at radius 1 is 1.38 bits per heavy atom. The second kappa shape index (κ2) is 3.86. The van der Waals surface area contributed by atoms with Gasteiger partial charge in [-0.3, -0.25) is 0 Å². The molecule has 1 saturated heterocycles. The average molecular weight is 217 g/mol. The molecular formula is C14H19NO. The van der Waals surface area contributed by atoms with Gasteiger partial charge < -0.3 is 10.1 Å². The van der Waals surface area contributed by atoms with Crippen LogP contribution in [0.25, 0.3) is 0 Å². The van der Waals surface area contributed by atoms with Gasteiger partial charge in [0.15, 0.2) is 0 Å². The first-order valence-corrected chi connectivity index (χ1v) is 6.25. The summed E-state index contributed by atoms with van der Waals surface area (Å²) >= 11 is 0. The van der Waals surface area contributed by atoms with E-state index in [2.05, 4.69) is 30.4 Å². The Morgan fingerprint density at radius 3 is 3.12 bits per heavy atom. The fourth-order valence-corrected chi connectivity index (χ4v) is 3.14. The lowest BCUT2D eigenvalue weighted by molar-refractivity contribution is -0.0820. The van der Waals surface area contributed by atoms with Crippen LogP contribution >= 0.6 is 0 Å². The quantitative estimate of drug-likeness (QED) is 0.719. The highest BCUT2D eigenvalue weighted by atomic mass is 16.5. The molecule has 1 spiro atoms. The Hall–Kier alpha value is -0.860. The zero-order valence-electron chi connectivity index (χ0n) is 9.88. The smallest absolute Gasteiger partial charge is 0.106 e. The van der Waals surface area contributed by atoms with Crippen LogP contribution in [0.15, 0.2) is 18.2 Å². The van der Waals surface area contributed by atoms with E-state index >= 15 is 0 Å². The number of nitrogens with one attached hydrogen (secondary N) is 1. The highest BCUT2D eigenvalue weighted by Crippen LogP contribution is 2.40. The van der Waals surface area contributed by atoms with Gasteiger partial charge in [-0.05, 0) is 42.9 Å². The average Bonchev–Trinajstić information content (AvgIpc) is 2.32. The third kappa shape index (κ3) is 1.48. The van der Waals surface area contributed by atoms with Crippen molar-refractivity contribution in [2.45, 2.75) is 31.8 Å². The molecule has 1 aliphatic carbocycles. The normalized spacial score (nSPS) is 29.1. The molecule has 1 aliphatic heterocycles. The molecule has 1 N–H and O–H groups in total. The first-order valence-electron chi connectivity index (χ1n) is 6.25. The summed E-state index contributed by atoms with van der Waals surface area (Å²) in [7, 11) is 0. The van der Waals surface area contributed by atoms with E-state index < -0.39 is 0 Å². The Labute approximate surface area is 97.0 Å². The molecule has 0 saturated carbocycles. The number of hydrogen-bond acceptors (Lipinski definition) is 2. The van der Waals surface area contributed by atoms with Gasteiger partial charge in [0.05, 0.1) is 6.61 Å². The molecule has 16 heavy (non-hydrogen) atoms. The molecule has 1 atom stereocenters. The van der Waals surface area contributed by atoms with Crippen LogP contribution in [-0.4, -0.2) is 19.7 Å². The van der Waals surface area contributed by atoms with Gasteiger partial charge in [-0.15, -0.1) is 0 Å². The number of morpholine rings is 1. The predicted molar refractivity (Wildman–Crippen MR) is 64.6 cm³/mol. The fourth-order valence-electron chi connectivity index (χ4n) is 3.14. The van der Waals surface area contributed by atoms with Crippen LogP contribution in [0.1, 0.15) is 29.5 Å². The molecule has 1 unspecified atom stereocenters. The van der Waals surface area contributed by atoms with Crippen LogP contribution in [0.3, 0.4) is 0 Å². The lowest BCUT2D eigenvalue weighted by Gasteiger charge is -2.42. The maximum absolute atomic E-state index is 6.13. The van der Waals surface area contributed by atoms with Crippen molar-refractivity contribution in [1.82, 2.24) is 5.32 Å². The standard InChI is InChI=1S/C14H19NO/c1-11-4-2-6-13-12(11)5-3-7-14(13)10-15-8-9-16-14/h2,4,6,15H,3,5,7-10H2,1H3. The summed E-state index contributed by atoms with van der Waals surface area (Å²) in [5.74, 6) is 0. The topological polar surface area (TPSA) is 21.3 Å². The molecule has 0 amide bonds. The maximum atomic E-state index is 6.13. The van der Waals surface area contributed by atoms with Gasteiger partial charge in [-0.2, -0.15) is 0 Å². The minimum absolute atomic E-state index is 0.0299. The minimum Gasteiger partial charge on any atom is -0.368 e. The molecule has 0 aromatic heterocycles. The van der Waals surface area contributed by atoms with Crippen LogP contribution in [0.5, 0.6) is 0 Å². The van der Waals surface area contributed by atoms with Crippen LogP contribution in [0, 0.1) is 6.92 Å². The number of aryl methyl sites for hydroxylation is 1. The van der Waals surface area contributed by atoms with Crippen LogP contribution in [0.2, 0.25) is 0 Å². The van der Waals surface area contributed by atoms with Crippen LogP contribution in [0.4, 0.5) is 0 Å². The third-order valence-electron chi connectivity index (χ3n) is 3.98. The molecule has 3 rings (SSSR count). The largest absolute Gasteiger partial charge is 0.368 e. The molecule has 86 valence electrons. The van der Waals surface area contributed by atoms with E-state index in [9.17, 15) is 0 Å². The molecule has 1 fully saturated rings. The van der Waals surface area contributed by atoms with Crippen LogP contribution in [-0.2, 0) is 16.8 Å². The summed E-state index contributed by atoms with van der Waals surface area (Å²) in [6.07, 6.45) is 3.63. The minimum atomic E-state index is -0.0299. The van der Waals surface area contributed by atoms with E-state index in [1.54, 1.807) is 0 Å². The van der Waals surface area contributed by atoms with Crippen molar-refractivity contribution in [3.8, 4) is 0 Å².